The minimum atomic E-state index is -1.15. The van der Waals surface area contributed by atoms with Crippen molar-refractivity contribution in [1.29, 1.82) is 0 Å². The molecule has 3 rings (SSSR count). The first-order valence-corrected chi connectivity index (χ1v) is 10.5. The van der Waals surface area contributed by atoms with E-state index in [4.69, 9.17) is 0 Å². The third kappa shape index (κ3) is 4.72. The molecule has 166 valence electrons. The first-order valence-electron chi connectivity index (χ1n) is 9.75. The Morgan fingerprint density at radius 2 is 1.75 bits per heavy atom. The molecule has 2 aromatic carbocycles. The topological polar surface area (TPSA) is 110 Å². The van der Waals surface area contributed by atoms with Crippen molar-refractivity contribution >= 4 is 27.8 Å². The summed E-state index contributed by atoms with van der Waals surface area (Å²) in [6.07, 6.45) is 1.54. The Balaban J connectivity index is 1.83. The quantitative estimate of drug-likeness (QED) is 0.540. The van der Waals surface area contributed by atoms with E-state index in [0.29, 0.717) is 26.7 Å². The summed E-state index contributed by atoms with van der Waals surface area (Å²) in [6.45, 7) is 1.78. The average Bonchev–Trinajstić information content (AvgIpc) is 2.74. The molecule has 0 fully saturated rings. The largest absolute Gasteiger partial charge is 0.480 e. The van der Waals surface area contributed by atoms with Crippen LogP contribution in [0.1, 0.15) is 21.5 Å². The van der Waals surface area contributed by atoms with Crippen molar-refractivity contribution < 1.29 is 14.7 Å². The number of halogens is 1. The molecule has 1 aromatic heterocycles. The number of aromatic nitrogens is 2. The molecule has 0 aliphatic heterocycles. The van der Waals surface area contributed by atoms with E-state index in [0.717, 1.165) is 10.1 Å². The minimum Gasteiger partial charge on any atom is -0.480 e. The van der Waals surface area contributed by atoms with Gasteiger partial charge in [-0.1, -0.05) is 36.4 Å². The van der Waals surface area contributed by atoms with Crippen molar-refractivity contribution in [3.63, 3.8) is 0 Å². The number of carboxylic acids is 1. The third-order valence-electron chi connectivity index (χ3n) is 5.20. The number of carboxylic acid groups (broad SMARTS) is 1. The highest BCUT2D eigenvalue weighted by molar-refractivity contribution is 9.10. The number of carbonyl (C=O) groups excluding carboxylic acids is 1. The van der Waals surface area contributed by atoms with Crippen LogP contribution >= 0.6 is 15.9 Å². The van der Waals surface area contributed by atoms with Crippen LogP contribution in [0.3, 0.4) is 0 Å². The van der Waals surface area contributed by atoms with Crippen molar-refractivity contribution in [1.82, 2.24) is 14.5 Å². The molecule has 32 heavy (non-hydrogen) atoms. The highest BCUT2D eigenvalue weighted by atomic mass is 79.9. The van der Waals surface area contributed by atoms with Crippen LogP contribution in [-0.4, -0.2) is 32.2 Å². The first-order chi connectivity index (χ1) is 15.1. The van der Waals surface area contributed by atoms with Gasteiger partial charge in [0.25, 0.3) is 11.5 Å². The number of carbonyl (C=O) groups is 2. The van der Waals surface area contributed by atoms with E-state index in [1.54, 1.807) is 56.4 Å². The molecule has 0 aliphatic rings. The molecule has 0 spiro atoms. The number of rotatable bonds is 6. The number of hydrogen-bond acceptors (Lipinski definition) is 4. The predicted octanol–water partition coefficient (Wildman–Crippen LogP) is 2.25. The van der Waals surface area contributed by atoms with Crippen LogP contribution in [-0.2, 0) is 25.3 Å². The second-order valence-electron chi connectivity index (χ2n) is 7.50. The van der Waals surface area contributed by atoms with Gasteiger partial charge in [-0.05, 0) is 45.6 Å². The Morgan fingerprint density at radius 1 is 1.09 bits per heavy atom. The summed E-state index contributed by atoms with van der Waals surface area (Å²) in [4.78, 5) is 48.8. The zero-order valence-electron chi connectivity index (χ0n) is 17.8. The second kappa shape index (κ2) is 9.35. The van der Waals surface area contributed by atoms with Crippen molar-refractivity contribution in [3.8, 4) is 11.1 Å². The number of benzene rings is 2. The average molecular weight is 500 g/mol. The standard InChI is InChI=1S/C23H22BrN3O5/c1-13-5-4-6-17(24)19(13)20(28)25-18(22(30)31)11-14-7-9-15(10-8-14)16-12-26(2)23(32)27(3)21(16)29/h4-10,12,18H,11H2,1-3H3,(H,25,28)(H,30,31)/t18-/m0/s1. The Labute approximate surface area is 192 Å². The molecule has 1 heterocycles. The lowest BCUT2D eigenvalue weighted by Gasteiger charge is -2.16. The van der Waals surface area contributed by atoms with Crippen LogP contribution in [0.25, 0.3) is 11.1 Å². The Hall–Kier alpha value is -3.46. The molecular weight excluding hydrogens is 478 g/mol. The maximum atomic E-state index is 12.7. The van der Waals surface area contributed by atoms with Crippen molar-refractivity contribution in [3.05, 3.63) is 90.7 Å². The fourth-order valence-corrected chi connectivity index (χ4v) is 4.06. The smallest absolute Gasteiger partial charge is 0.330 e. The molecule has 9 heteroatoms. The maximum absolute atomic E-state index is 12.7. The third-order valence-corrected chi connectivity index (χ3v) is 5.86. The summed E-state index contributed by atoms with van der Waals surface area (Å²) in [5.41, 5.74) is 1.91. The number of aryl methyl sites for hydroxylation is 2. The van der Waals surface area contributed by atoms with Gasteiger partial charge in [0.1, 0.15) is 6.04 Å². The number of nitrogens with zero attached hydrogens (tertiary/aromatic N) is 2. The summed E-state index contributed by atoms with van der Waals surface area (Å²) >= 11 is 3.34. The first kappa shape index (κ1) is 23.2. The summed E-state index contributed by atoms with van der Waals surface area (Å²) < 4.78 is 2.94. The molecule has 0 saturated heterocycles. The molecule has 1 amide bonds. The minimum absolute atomic E-state index is 0.0656. The fourth-order valence-electron chi connectivity index (χ4n) is 3.41. The SMILES string of the molecule is Cc1cccc(Br)c1C(=O)N[C@@H](Cc1ccc(-c2cn(C)c(=O)n(C)c2=O)cc1)C(=O)O. The zero-order valence-corrected chi connectivity index (χ0v) is 19.3. The van der Waals surface area contributed by atoms with Gasteiger partial charge in [0.05, 0.1) is 11.1 Å². The Kier molecular flexibility index (Phi) is 6.78. The monoisotopic (exact) mass is 499 g/mol. The van der Waals surface area contributed by atoms with Gasteiger partial charge in [0, 0.05) is 31.2 Å². The Morgan fingerprint density at radius 3 is 2.34 bits per heavy atom. The predicted molar refractivity (Wildman–Crippen MR) is 124 cm³/mol. The molecule has 0 bridgehead atoms. The van der Waals surface area contributed by atoms with Crippen molar-refractivity contribution in [2.24, 2.45) is 14.1 Å². The van der Waals surface area contributed by atoms with Gasteiger partial charge < -0.3 is 15.0 Å². The number of amides is 1. The van der Waals surface area contributed by atoms with Crippen LogP contribution in [0.15, 0.2) is 62.7 Å². The van der Waals surface area contributed by atoms with E-state index in [1.807, 2.05) is 0 Å². The molecular formula is C23H22BrN3O5. The van der Waals surface area contributed by atoms with Crippen LogP contribution in [0.4, 0.5) is 0 Å². The molecule has 0 radical (unpaired) electrons. The van der Waals surface area contributed by atoms with E-state index in [-0.39, 0.29) is 6.42 Å². The van der Waals surface area contributed by atoms with Crippen LogP contribution in [0.5, 0.6) is 0 Å². The molecule has 2 N–H and O–H groups in total. The van der Waals surface area contributed by atoms with Gasteiger partial charge >= 0.3 is 11.7 Å². The van der Waals surface area contributed by atoms with Gasteiger partial charge in [0.2, 0.25) is 0 Å². The van der Waals surface area contributed by atoms with E-state index < -0.39 is 29.2 Å². The van der Waals surface area contributed by atoms with Gasteiger partial charge in [-0.15, -0.1) is 0 Å². The second-order valence-corrected chi connectivity index (χ2v) is 8.35. The van der Waals surface area contributed by atoms with Crippen LogP contribution < -0.4 is 16.6 Å². The molecule has 8 nitrogen and oxygen atoms in total. The number of hydrogen-bond donors (Lipinski definition) is 2. The maximum Gasteiger partial charge on any atom is 0.330 e. The van der Waals surface area contributed by atoms with E-state index in [1.165, 1.54) is 17.8 Å². The van der Waals surface area contributed by atoms with Gasteiger partial charge in [-0.2, -0.15) is 0 Å². The summed E-state index contributed by atoms with van der Waals surface area (Å²) in [6, 6.07) is 10.9. The highest BCUT2D eigenvalue weighted by Gasteiger charge is 2.23. The van der Waals surface area contributed by atoms with Crippen LogP contribution in [0, 0.1) is 6.92 Å². The summed E-state index contributed by atoms with van der Waals surface area (Å²) in [7, 11) is 2.97. The highest BCUT2D eigenvalue weighted by Crippen LogP contribution is 2.21. The lowest BCUT2D eigenvalue weighted by molar-refractivity contribution is -0.139. The number of nitrogens with one attached hydrogen (secondary N) is 1. The molecule has 0 unspecified atom stereocenters. The normalized spacial score (nSPS) is 11.8. The fraction of sp³-hybridized carbons (Fsp3) is 0.217. The lowest BCUT2D eigenvalue weighted by Crippen LogP contribution is -2.42. The van der Waals surface area contributed by atoms with Gasteiger partial charge in [-0.3, -0.25) is 14.2 Å². The Bertz CT molecular complexity index is 1290. The summed E-state index contributed by atoms with van der Waals surface area (Å²) in [5.74, 6) is -1.63. The molecule has 0 aliphatic carbocycles. The number of aliphatic carboxylic acids is 1. The van der Waals surface area contributed by atoms with E-state index in [2.05, 4.69) is 21.2 Å². The molecule has 0 saturated carbocycles. The lowest BCUT2D eigenvalue weighted by atomic mass is 10.0. The van der Waals surface area contributed by atoms with Crippen molar-refractivity contribution in [2.75, 3.05) is 0 Å². The van der Waals surface area contributed by atoms with Gasteiger partial charge in [0.15, 0.2) is 0 Å². The molecule has 3 aromatic rings. The zero-order chi connectivity index (χ0) is 23.6. The van der Waals surface area contributed by atoms with E-state index >= 15 is 0 Å². The summed E-state index contributed by atoms with van der Waals surface area (Å²) in [5, 5.41) is 12.2. The van der Waals surface area contributed by atoms with Gasteiger partial charge in [-0.25, -0.2) is 9.59 Å². The molecule has 1 atom stereocenters. The van der Waals surface area contributed by atoms with E-state index in [9.17, 15) is 24.3 Å². The van der Waals surface area contributed by atoms with Crippen LogP contribution in [0.2, 0.25) is 0 Å². The van der Waals surface area contributed by atoms with Crippen molar-refractivity contribution in [2.45, 2.75) is 19.4 Å².